The van der Waals surface area contributed by atoms with Gasteiger partial charge in [-0.25, -0.2) is 0 Å². The molecule has 0 bridgehead atoms. The molecule has 0 radical (unpaired) electrons. The van der Waals surface area contributed by atoms with Gasteiger partial charge in [0.2, 0.25) is 0 Å². The Morgan fingerprint density at radius 3 is 2.50 bits per heavy atom. The van der Waals surface area contributed by atoms with Crippen molar-refractivity contribution in [1.82, 2.24) is 5.32 Å². The zero-order chi connectivity index (χ0) is 8.97. The molecule has 0 aliphatic heterocycles. The second-order valence-corrected chi connectivity index (χ2v) is 3.99. The molecule has 2 heteroatoms. The summed E-state index contributed by atoms with van der Waals surface area (Å²) in [4.78, 5) is 0. The van der Waals surface area contributed by atoms with Crippen LogP contribution in [0.1, 0.15) is 39.5 Å². The molecule has 2 atom stereocenters. The molecule has 0 amide bonds. The topological polar surface area (TPSA) is 21.3 Å². The summed E-state index contributed by atoms with van der Waals surface area (Å²) in [6, 6.07) is 1.16. The number of hydrogen-bond donors (Lipinski definition) is 1. The molecule has 0 aromatic carbocycles. The predicted octanol–water partition coefficient (Wildman–Crippen LogP) is 1.94. The Hall–Kier alpha value is -0.0800. The van der Waals surface area contributed by atoms with Crippen LogP contribution in [0, 0.1) is 0 Å². The fraction of sp³-hybridized carbons (Fsp3) is 1.00. The van der Waals surface area contributed by atoms with Crippen LogP contribution in [-0.4, -0.2) is 25.3 Å². The van der Waals surface area contributed by atoms with E-state index in [-0.39, 0.29) is 0 Å². The standard InChI is InChI=1S/C10H21NO/c1-8(2)11-9-6-4-5-7-10(9)12-3/h8-11H,4-7H2,1-3H3/t9-,10-/m1/s1. The van der Waals surface area contributed by atoms with E-state index in [2.05, 4.69) is 19.2 Å². The third-order valence-electron chi connectivity index (χ3n) is 2.55. The molecule has 1 fully saturated rings. The van der Waals surface area contributed by atoms with Gasteiger partial charge in [0.1, 0.15) is 0 Å². The Morgan fingerprint density at radius 2 is 1.92 bits per heavy atom. The lowest BCUT2D eigenvalue weighted by molar-refractivity contribution is 0.0392. The smallest absolute Gasteiger partial charge is 0.0724 e. The quantitative estimate of drug-likeness (QED) is 0.700. The molecule has 0 aromatic rings. The van der Waals surface area contributed by atoms with E-state index in [1.807, 2.05) is 7.11 Å². The molecule has 0 saturated heterocycles. The van der Waals surface area contributed by atoms with Crippen LogP contribution in [0.5, 0.6) is 0 Å². The first kappa shape index (κ1) is 10.0. The minimum atomic E-state index is 0.446. The fourth-order valence-electron chi connectivity index (χ4n) is 2.00. The van der Waals surface area contributed by atoms with Crippen LogP contribution in [0.4, 0.5) is 0 Å². The molecule has 0 spiro atoms. The van der Waals surface area contributed by atoms with E-state index in [1.54, 1.807) is 0 Å². The largest absolute Gasteiger partial charge is 0.380 e. The lowest BCUT2D eigenvalue weighted by atomic mass is 9.92. The van der Waals surface area contributed by atoms with Crippen molar-refractivity contribution in [2.45, 2.75) is 57.7 Å². The number of rotatable bonds is 3. The van der Waals surface area contributed by atoms with Crippen LogP contribution in [0.3, 0.4) is 0 Å². The predicted molar refractivity (Wildman–Crippen MR) is 51.3 cm³/mol. The first-order valence-electron chi connectivity index (χ1n) is 5.03. The summed E-state index contributed by atoms with van der Waals surface area (Å²) in [5, 5.41) is 3.56. The minimum absolute atomic E-state index is 0.446. The molecular weight excluding hydrogens is 150 g/mol. The number of nitrogens with one attached hydrogen (secondary N) is 1. The highest BCUT2D eigenvalue weighted by atomic mass is 16.5. The molecule has 1 rings (SSSR count). The van der Waals surface area contributed by atoms with Crippen LogP contribution in [0.25, 0.3) is 0 Å². The number of methoxy groups -OCH3 is 1. The summed E-state index contributed by atoms with van der Waals surface area (Å²) in [6.45, 7) is 4.39. The lowest BCUT2D eigenvalue weighted by Gasteiger charge is -2.32. The first-order valence-corrected chi connectivity index (χ1v) is 5.03. The highest BCUT2D eigenvalue weighted by molar-refractivity contribution is 4.82. The molecule has 1 saturated carbocycles. The second kappa shape index (κ2) is 4.83. The van der Waals surface area contributed by atoms with Gasteiger partial charge in [0.15, 0.2) is 0 Å². The van der Waals surface area contributed by atoms with E-state index < -0.39 is 0 Å². The molecule has 1 aliphatic rings. The van der Waals surface area contributed by atoms with Gasteiger partial charge in [0.25, 0.3) is 0 Å². The van der Waals surface area contributed by atoms with Gasteiger partial charge in [-0.05, 0) is 12.8 Å². The maximum atomic E-state index is 5.44. The van der Waals surface area contributed by atoms with Crippen molar-refractivity contribution in [3.05, 3.63) is 0 Å². The highest BCUT2D eigenvalue weighted by Crippen LogP contribution is 2.20. The van der Waals surface area contributed by atoms with Crippen molar-refractivity contribution in [2.24, 2.45) is 0 Å². The zero-order valence-corrected chi connectivity index (χ0v) is 8.47. The van der Waals surface area contributed by atoms with E-state index in [1.165, 1.54) is 25.7 Å². The fourth-order valence-corrected chi connectivity index (χ4v) is 2.00. The average molecular weight is 171 g/mol. The number of hydrogen-bond acceptors (Lipinski definition) is 2. The Balaban J connectivity index is 2.36. The third kappa shape index (κ3) is 2.76. The molecular formula is C10H21NO. The van der Waals surface area contributed by atoms with Crippen LogP contribution in [0.2, 0.25) is 0 Å². The highest BCUT2D eigenvalue weighted by Gasteiger charge is 2.24. The molecule has 1 aliphatic carbocycles. The van der Waals surface area contributed by atoms with E-state index in [4.69, 9.17) is 4.74 Å². The van der Waals surface area contributed by atoms with Gasteiger partial charge in [-0.15, -0.1) is 0 Å². The summed E-state index contributed by atoms with van der Waals surface area (Å²) >= 11 is 0. The lowest BCUT2D eigenvalue weighted by Crippen LogP contribution is -2.45. The Kier molecular flexibility index (Phi) is 4.02. The van der Waals surface area contributed by atoms with Crippen molar-refractivity contribution < 1.29 is 4.74 Å². The Bertz CT molecular complexity index is 125. The average Bonchev–Trinajstić information content (AvgIpc) is 2.04. The molecule has 12 heavy (non-hydrogen) atoms. The van der Waals surface area contributed by atoms with Crippen LogP contribution in [-0.2, 0) is 4.74 Å². The molecule has 0 aromatic heterocycles. The zero-order valence-electron chi connectivity index (χ0n) is 8.47. The van der Waals surface area contributed by atoms with Crippen molar-refractivity contribution in [1.29, 1.82) is 0 Å². The van der Waals surface area contributed by atoms with Crippen LogP contribution < -0.4 is 5.32 Å². The summed E-state index contributed by atoms with van der Waals surface area (Å²) in [5.74, 6) is 0. The van der Waals surface area contributed by atoms with Gasteiger partial charge in [-0.2, -0.15) is 0 Å². The molecule has 1 N–H and O–H groups in total. The maximum absolute atomic E-state index is 5.44. The van der Waals surface area contributed by atoms with Crippen molar-refractivity contribution in [3.63, 3.8) is 0 Å². The van der Waals surface area contributed by atoms with Gasteiger partial charge < -0.3 is 10.1 Å². The maximum Gasteiger partial charge on any atom is 0.0724 e. The SMILES string of the molecule is CO[C@@H]1CCCC[C@H]1NC(C)C. The van der Waals surface area contributed by atoms with Gasteiger partial charge >= 0.3 is 0 Å². The third-order valence-corrected chi connectivity index (χ3v) is 2.55. The summed E-state index contributed by atoms with van der Waals surface area (Å²) in [6.07, 6.45) is 5.62. The molecule has 0 heterocycles. The van der Waals surface area contributed by atoms with Crippen molar-refractivity contribution in [3.8, 4) is 0 Å². The number of ether oxygens (including phenoxy) is 1. The minimum Gasteiger partial charge on any atom is -0.380 e. The van der Waals surface area contributed by atoms with Crippen LogP contribution in [0.15, 0.2) is 0 Å². The summed E-state index contributed by atoms with van der Waals surface area (Å²) in [7, 11) is 1.82. The Morgan fingerprint density at radius 1 is 1.25 bits per heavy atom. The normalized spacial score (nSPS) is 31.0. The van der Waals surface area contributed by atoms with E-state index in [0.29, 0.717) is 18.2 Å². The van der Waals surface area contributed by atoms with Gasteiger partial charge in [-0.3, -0.25) is 0 Å². The summed E-state index contributed by atoms with van der Waals surface area (Å²) < 4.78 is 5.44. The molecule has 72 valence electrons. The summed E-state index contributed by atoms with van der Waals surface area (Å²) in [5.41, 5.74) is 0. The van der Waals surface area contributed by atoms with Gasteiger partial charge in [0.05, 0.1) is 6.10 Å². The molecule has 0 unspecified atom stereocenters. The Labute approximate surface area is 75.7 Å². The van der Waals surface area contributed by atoms with Gasteiger partial charge in [-0.1, -0.05) is 26.7 Å². The van der Waals surface area contributed by atoms with E-state index >= 15 is 0 Å². The second-order valence-electron chi connectivity index (χ2n) is 3.99. The van der Waals surface area contributed by atoms with Gasteiger partial charge in [0, 0.05) is 19.2 Å². The monoisotopic (exact) mass is 171 g/mol. The van der Waals surface area contributed by atoms with Crippen molar-refractivity contribution in [2.75, 3.05) is 7.11 Å². The van der Waals surface area contributed by atoms with Crippen molar-refractivity contribution >= 4 is 0 Å². The molecule has 2 nitrogen and oxygen atoms in total. The van der Waals surface area contributed by atoms with Crippen LogP contribution >= 0.6 is 0 Å². The van der Waals surface area contributed by atoms with E-state index in [9.17, 15) is 0 Å². The van der Waals surface area contributed by atoms with E-state index in [0.717, 1.165) is 0 Å². The first-order chi connectivity index (χ1) is 5.74.